The van der Waals surface area contributed by atoms with Crippen LogP contribution in [0.3, 0.4) is 0 Å². The van der Waals surface area contributed by atoms with Crippen LogP contribution in [0.15, 0.2) is 48.5 Å². The van der Waals surface area contributed by atoms with Gasteiger partial charge in [0, 0.05) is 0 Å². The minimum atomic E-state index is 0.601. The van der Waals surface area contributed by atoms with E-state index in [-0.39, 0.29) is 0 Å². The Bertz CT molecular complexity index is 669. The molecule has 0 nitrogen and oxygen atoms in total. The van der Waals surface area contributed by atoms with Crippen LogP contribution < -0.4 is 0 Å². The largest absolute Gasteiger partial charge is 0.0654 e. The van der Waals surface area contributed by atoms with E-state index in [0.717, 1.165) is 5.92 Å². The first-order chi connectivity index (χ1) is 13.1. The number of unbranched alkanes of at least 4 members (excludes halogenated alkanes) is 2. The molecule has 0 aromatic heterocycles. The molecule has 0 bridgehead atoms. The highest BCUT2D eigenvalue weighted by Crippen LogP contribution is 2.45. The zero-order valence-electron chi connectivity index (χ0n) is 17.8. The second kappa shape index (κ2) is 9.58. The van der Waals surface area contributed by atoms with Crippen molar-refractivity contribution in [3.8, 4) is 11.1 Å². The van der Waals surface area contributed by atoms with Gasteiger partial charge in [-0.25, -0.2) is 0 Å². The summed E-state index contributed by atoms with van der Waals surface area (Å²) in [5.74, 6) is 0.768. The molecule has 0 unspecified atom stereocenters. The van der Waals surface area contributed by atoms with E-state index in [2.05, 4.69) is 69.3 Å². The van der Waals surface area contributed by atoms with Gasteiger partial charge in [0.15, 0.2) is 0 Å². The van der Waals surface area contributed by atoms with Crippen molar-refractivity contribution < 1.29 is 0 Å². The van der Waals surface area contributed by atoms with E-state index in [4.69, 9.17) is 0 Å². The normalized spacial score (nSPS) is 22.7. The molecule has 146 valence electrons. The fraction of sp³-hybridized carbons (Fsp3) is 0.556. The lowest BCUT2D eigenvalue weighted by Gasteiger charge is -2.37. The average Bonchev–Trinajstić information content (AvgIpc) is 2.70. The molecular weight excluding hydrogens is 324 g/mol. The van der Waals surface area contributed by atoms with Gasteiger partial charge < -0.3 is 0 Å². The van der Waals surface area contributed by atoms with Crippen LogP contribution in [-0.4, -0.2) is 0 Å². The molecule has 0 atom stereocenters. The maximum atomic E-state index is 2.50. The number of aryl methyl sites for hydroxylation is 1. The van der Waals surface area contributed by atoms with Gasteiger partial charge >= 0.3 is 0 Å². The van der Waals surface area contributed by atoms with Crippen molar-refractivity contribution in [1.82, 2.24) is 0 Å². The number of benzene rings is 2. The van der Waals surface area contributed by atoms with Crippen molar-refractivity contribution in [2.45, 2.75) is 90.9 Å². The van der Waals surface area contributed by atoms with Gasteiger partial charge in [-0.05, 0) is 78.5 Å². The third-order valence-corrected chi connectivity index (χ3v) is 6.78. The third-order valence-electron chi connectivity index (χ3n) is 6.78. The summed E-state index contributed by atoms with van der Waals surface area (Å²) < 4.78 is 0. The molecule has 0 amide bonds. The summed E-state index contributed by atoms with van der Waals surface area (Å²) in [5, 5.41) is 0. The van der Waals surface area contributed by atoms with Crippen molar-refractivity contribution in [3.63, 3.8) is 0 Å². The van der Waals surface area contributed by atoms with E-state index < -0.39 is 0 Å². The predicted octanol–water partition coefficient (Wildman–Crippen LogP) is 8.55. The Morgan fingerprint density at radius 3 is 1.93 bits per heavy atom. The Balaban J connectivity index is 1.59. The first-order valence-electron chi connectivity index (χ1n) is 11.3. The second-order valence-corrected chi connectivity index (χ2v) is 9.11. The van der Waals surface area contributed by atoms with Crippen LogP contribution >= 0.6 is 0 Å². The summed E-state index contributed by atoms with van der Waals surface area (Å²) in [6.45, 7) is 7.10. The van der Waals surface area contributed by atoms with Crippen LogP contribution in [0.25, 0.3) is 11.1 Å². The summed E-state index contributed by atoms with van der Waals surface area (Å²) in [7, 11) is 0. The molecule has 27 heavy (non-hydrogen) atoms. The molecule has 1 aliphatic carbocycles. The molecule has 2 aromatic rings. The lowest BCUT2D eigenvalue weighted by Crippen LogP contribution is -2.23. The highest BCUT2D eigenvalue weighted by Gasteiger charge is 2.30. The minimum Gasteiger partial charge on any atom is -0.0654 e. The van der Waals surface area contributed by atoms with Crippen LogP contribution in [0.2, 0.25) is 0 Å². The maximum absolute atomic E-state index is 2.50. The number of hydrogen-bond acceptors (Lipinski definition) is 0. The molecule has 1 fully saturated rings. The zero-order chi connectivity index (χ0) is 19.1. The quantitative estimate of drug-likeness (QED) is 0.413. The van der Waals surface area contributed by atoms with E-state index in [9.17, 15) is 0 Å². The van der Waals surface area contributed by atoms with Crippen molar-refractivity contribution in [1.29, 1.82) is 0 Å². The average molecular weight is 363 g/mol. The molecule has 1 aliphatic rings. The molecule has 0 radical (unpaired) electrons. The maximum Gasteiger partial charge on any atom is -0.0162 e. The number of rotatable bonds is 8. The highest BCUT2D eigenvalue weighted by molar-refractivity contribution is 5.64. The lowest BCUT2D eigenvalue weighted by molar-refractivity contribution is 0.182. The molecule has 2 aromatic carbocycles. The molecule has 0 aliphatic heterocycles. The SMILES string of the molecule is CCCCCc1ccc(-c2ccc(C3CCC(C)(CCC)CC3)cc2)cc1. The molecule has 0 N–H and O–H groups in total. The van der Waals surface area contributed by atoms with Crippen LogP contribution in [-0.2, 0) is 6.42 Å². The zero-order valence-corrected chi connectivity index (χ0v) is 17.8. The molecule has 1 saturated carbocycles. The van der Waals surface area contributed by atoms with Crippen LogP contribution in [0.5, 0.6) is 0 Å². The second-order valence-electron chi connectivity index (χ2n) is 9.11. The van der Waals surface area contributed by atoms with Gasteiger partial charge in [-0.15, -0.1) is 0 Å². The van der Waals surface area contributed by atoms with Crippen molar-refractivity contribution in [2.24, 2.45) is 5.41 Å². The van der Waals surface area contributed by atoms with Gasteiger partial charge in [0.25, 0.3) is 0 Å². The van der Waals surface area contributed by atoms with Gasteiger partial charge in [0.05, 0.1) is 0 Å². The Morgan fingerprint density at radius 2 is 1.37 bits per heavy atom. The van der Waals surface area contributed by atoms with Crippen LogP contribution in [0.4, 0.5) is 0 Å². The summed E-state index contributed by atoms with van der Waals surface area (Å²) in [6.07, 6.45) is 13.4. The first kappa shape index (κ1) is 20.2. The van der Waals surface area contributed by atoms with E-state index in [0.29, 0.717) is 5.41 Å². The summed E-state index contributed by atoms with van der Waals surface area (Å²) in [6, 6.07) is 18.7. The minimum absolute atomic E-state index is 0.601. The summed E-state index contributed by atoms with van der Waals surface area (Å²) in [5.41, 5.74) is 6.32. The predicted molar refractivity (Wildman–Crippen MR) is 119 cm³/mol. The standard InChI is InChI=1S/C27H38/c1-4-6-7-8-22-9-11-23(12-10-22)24-13-15-25(16-14-24)26-17-20-27(3,19-5-2)21-18-26/h9-16,26H,4-8,17-21H2,1-3H3. The Labute approximate surface area is 167 Å². The van der Waals surface area contributed by atoms with Crippen molar-refractivity contribution >= 4 is 0 Å². The van der Waals surface area contributed by atoms with Gasteiger partial charge in [0.2, 0.25) is 0 Å². The van der Waals surface area contributed by atoms with E-state index in [1.54, 1.807) is 5.56 Å². The third kappa shape index (κ3) is 5.47. The molecule has 0 heterocycles. The lowest BCUT2D eigenvalue weighted by atomic mass is 9.68. The van der Waals surface area contributed by atoms with E-state index >= 15 is 0 Å². The topological polar surface area (TPSA) is 0 Å². The fourth-order valence-electron chi connectivity index (χ4n) is 4.89. The van der Waals surface area contributed by atoms with E-state index in [1.807, 2.05) is 0 Å². The first-order valence-corrected chi connectivity index (χ1v) is 11.3. The van der Waals surface area contributed by atoms with E-state index in [1.165, 1.54) is 80.9 Å². The molecule has 3 rings (SSSR count). The Morgan fingerprint density at radius 1 is 0.778 bits per heavy atom. The molecule has 0 heteroatoms. The van der Waals surface area contributed by atoms with Crippen molar-refractivity contribution in [2.75, 3.05) is 0 Å². The highest BCUT2D eigenvalue weighted by atomic mass is 14.4. The Hall–Kier alpha value is -1.56. The van der Waals surface area contributed by atoms with Gasteiger partial charge in [-0.1, -0.05) is 88.6 Å². The monoisotopic (exact) mass is 362 g/mol. The number of hydrogen-bond donors (Lipinski definition) is 0. The molecular formula is C27H38. The smallest absolute Gasteiger partial charge is 0.0162 e. The molecule has 0 spiro atoms. The fourth-order valence-corrected chi connectivity index (χ4v) is 4.89. The van der Waals surface area contributed by atoms with Crippen molar-refractivity contribution in [3.05, 3.63) is 59.7 Å². The Kier molecular flexibility index (Phi) is 7.16. The summed E-state index contributed by atoms with van der Waals surface area (Å²) in [4.78, 5) is 0. The molecule has 0 saturated heterocycles. The van der Waals surface area contributed by atoms with Gasteiger partial charge in [-0.3, -0.25) is 0 Å². The van der Waals surface area contributed by atoms with Crippen LogP contribution in [0, 0.1) is 5.41 Å². The van der Waals surface area contributed by atoms with Gasteiger partial charge in [0.1, 0.15) is 0 Å². The van der Waals surface area contributed by atoms with Crippen LogP contribution in [0.1, 0.15) is 95.6 Å². The van der Waals surface area contributed by atoms with Gasteiger partial charge in [-0.2, -0.15) is 0 Å². The summed E-state index contributed by atoms with van der Waals surface area (Å²) >= 11 is 0.